The average Bonchev–Trinajstić information content (AvgIpc) is 2.42. The van der Waals surface area contributed by atoms with Gasteiger partial charge in [0.05, 0.1) is 18.6 Å². The lowest BCUT2D eigenvalue weighted by Crippen LogP contribution is -2.41. The summed E-state index contributed by atoms with van der Waals surface area (Å²) in [4.78, 5) is 11.9. The van der Waals surface area contributed by atoms with Gasteiger partial charge in [0.25, 0.3) is 0 Å². The van der Waals surface area contributed by atoms with Crippen molar-refractivity contribution < 1.29 is 17.9 Å². The van der Waals surface area contributed by atoms with Crippen LogP contribution in [0.5, 0.6) is 5.75 Å². The maximum Gasteiger partial charge on any atom is 0.232 e. The molecule has 0 spiro atoms. The minimum absolute atomic E-state index is 0.0888. The van der Waals surface area contributed by atoms with Crippen LogP contribution in [-0.2, 0) is 14.8 Å². The molecular weight excluding hydrogens is 328 g/mol. The van der Waals surface area contributed by atoms with Crippen molar-refractivity contribution in [1.82, 2.24) is 5.32 Å². The molecule has 0 saturated carbocycles. The first kappa shape index (κ1) is 20.3. The minimum atomic E-state index is -3.47. The van der Waals surface area contributed by atoms with E-state index in [1.54, 1.807) is 24.3 Å². The van der Waals surface area contributed by atoms with E-state index in [9.17, 15) is 13.2 Å². The summed E-state index contributed by atoms with van der Waals surface area (Å²) < 4.78 is 31.1. The van der Waals surface area contributed by atoms with Crippen LogP contribution in [0.3, 0.4) is 0 Å². The van der Waals surface area contributed by atoms with Crippen LogP contribution in [0.25, 0.3) is 0 Å². The lowest BCUT2D eigenvalue weighted by molar-refractivity contribution is -0.122. The molecular formula is C17H28N2O4S. The van der Waals surface area contributed by atoms with Crippen molar-refractivity contribution in [3.63, 3.8) is 0 Å². The normalized spacial score (nSPS) is 11.9. The number of ether oxygens (including phenoxy) is 1. The van der Waals surface area contributed by atoms with Gasteiger partial charge in [-0.25, -0.2) is 8.42 Å². The number of nitrogens with zero attached hydrogens (tertiary/aromatic N) is 1. The number of hydrogen-bond acceptors (Lipinski definition) is 4. The molecule has 0 aliphatic heterocycles. The van der Waals surface area contributed by atoms with E-state index in [2.05, 4.69) is 5.32 Å². The van der Waals surface area contributed by atoms with Crippen molar-refractivity contribution in [2.24, 2.45) is 0 Å². The molecule has 1 N–H and O–H groups in total. The molecule has 136 valence electrons. The maximum absolute atomic E-state index is 12.2. The number of amides is 1. The fourth-order valence-electron chi connectivity index (χ4n) is 2.27. The number of rotatable bonds is 8. The van der Waals surface area contributed by atoms with E-state index in [0.29, 0.717) is 24.5 Å². The Bertz CT molecular complexity index is 651. The lowest BCUT2D eigenvalue weighted by Gasteiger charge is -2.25. The van der Waals surface area contributed by atoms with Crippen molar-refractivity contribution in [2.75, 3.05) is 23.7 Å². The summed E-state index contributed by atoms with van der Waals surface area (Å²) in [5.74, 6) is 0.429. The summed E-state index contributed by atoms with van der Waals surface area (Å²) >= 11 is 0. The van der Waals surface area contributed by atoms with Crippen LogP contribution >= 0.6 is 0 Å². The zero-order valence-electron chi connectivity index (χ0n) is 15.1. The molecule has 6 nitrogen and oxygen atoms in total. The first-order valence-corrected chi connectivity index (χ1v) is 9.90. The fraction of sp³-hybridized carbons (Fsp3) is 0.588. The van der Waals surface area contributed by atoms with Crippen molar-refractivity contribution in [3.05, 3.63) is 24.3 Å². The fourth-order valence-corrected chi connectivity index (χ4v) is 3.24. The zero-order chi connectivity index (χ0) is 18.4. The average molecular weight is 356 g/mol. The third-order valence-electron chi connectivity index (χ3n) is 3.11. The zero-order valence-corrected chi connectivity index (χ0v) is 15.9. The predicted molar refractivity (Wildman–Crippen MR) is 96.9 cm³/mol. The highest BCUT2D eigenvalue weighted by Crippen LogP contribution is 2.30. The van der Waals surface area contributed by atoms with Crippen LogP contribution < -0.4 is 14.4 Å². The second-order valence-corrected chi connectivity index (χ2v) is 8.54. The number of sulfonamides is 1. The number of carbonyl (C=O) groups excluding carboxylic acids is 1. The Kier molecular flexibility index (Phi) is 7.08. The highest BCUT2D eigenvalue weighted by Gasteiger charge is 2.21. The maximum atomic E-state index is 12.2. The monoisotopic (exact) mass is 356 g/mol. The molecule has 0 radical (unpaired) electrons. The number of anilines is 1. The summed E-state index contributed by atoms with van der Waals surface area (Å²) in [5.41, 5.74) is 0.202. The minimum Gasteiger partial charge on any atom is -0.492 e. The van der Waals surface area contributed by atoms with Crippen molar-refractivity contribution >= 4 is 21.6 Å². The van der Waals surface area contributed by atoms with Crippen LogP contribution in [0.15, 0.2) is 24.3 Å². The third kappa shape index (κ3) is 6.78. The van der Waals surface area contributed by atoms with E-state index < -0.39 is 10.0 Å². The first-order chi connectivity index (χ1) is 11.0. The smallest absolute Gasteiger partial charge is 0.232 e. The van der Waals surface area contributed by atoms with Gasteiger partial charge in [-0.05, 0) is 46.2 Å². The van der Waals surface area contributed by atoms with E-state index in [0.717, 1.165) is 6.26 Å². The molecule has 24 heavy (non-hydrogen) atoms. The molecule has 1 aromatic carbocycles. The number of nitrogens with one attached hydrogen (secondary N) is 1. The molecule has 0 aliphatic carbocycles. The van der Waals surface area contributed by atoms with E-state index in [1.165, 1.54) is 4.31 Å². The highest BCUT2D eigenvalue weighted by molar-refractivity contribution is 7.92. The molecule has 0 atom stereocenters. The quantitative estimate of drug-likeness (QED) is 0.777. The van der Waals surface area contributed by atoms with Crippen molar-refractivity contribution in [1.29, 1.82) is 0 Å². The molecule has 0 bridgehead atoms. The van der Waals surface area contributed by atoms with Crippen LogP contribution in [0.4, 0.5) is 5.69 Å². The summed E-state index contributed by atoms with van der Waals surface area (Å²) in [6.45, 7) is 8.24. The Labute approximate surface area is 145 Å². The molecule has 1 aromatic rings. The molecule has 0 saturated heterocycles. The van der Waals surface area contributed by atoms with Crippen molar-refractivity contribution in [3.8, 4) is 5.75 Å². The van der Waals surface area contributed by atoms with E-state index >= 15 is 0 Å². The van der Waals surface area contributed by atoms with Crippen LogP contribution in [0.1, 0.15) is 40.5 Å². The molecule has 1 rings (SSSR count). The Morgan fingerprint density at radius 1 is 1.25 bits per heavy atom. The molecule has 0 unspecified atom stereocenters. The van der Waals surface area contributed by atoms with Crippen molar-refractivity contribution in [2.45, 2.75) is 46.1 Å². The summed E-state index contributed by atoms with van der Waals surface area (Å²) in [6.07, 6.45) is 1.85. The van der Waals surface area contributed by atoms with Gasteiger partial charge in [0.15, 0.2) is 0 Å². The van der Waals surface area contributed by atoms with Gasteiger partial charge in [0, 0.05) is 18.5 Å². The Balaban J connectivity index is 2.84. The van der Waals surface area contributed by atoms with Gasteiger partial charge in [-0.2, -0.15) is 0 Å². The molecule has 7 heteroatoms. The summed E-state index contributed by atoms with van der Waals surface area (Å²) in [7, 11) is -3.47. The van der Waals surface area contributed by atoms with Gasteiger partial charge in [-0.1, -0.05) is 12.1 Å². The van der Waals surface area contributed by atoms with Crippen LogP contribution in [0, 0.1) is 0 Å². The molecule has 0 heterocycles. The molecule has 0 aliphatic rings. The Morgan fingerprint density at radius 3 is 2.42 bits per heavy atom. The predicted octanol–water partition coefficient (Wildman–Crippen LogP) is 2.55. The topological polar surface area (TPSA) is 75.7 Å². The van der Waals surface area contributed by atoms with Gasteiger partial charge in [-0.15, -0.1) is 0 Å². The Morgan fingerprint density at radius 2 is 1.88 bits per heavy atom. The van der Waals surface area contributed by atoms with Gasteiger partial charge in [0.2, 0.25) is 15.9 Å². The second kappa shape index (κ2) is 8.37. The highest BCUT2D eigenvalue weighted by atomic mass is 32.2. The molecule has 0 aromatic heterocycles. The lowest BCUT2D eigenvalue weighted by atomic mass is 10.1. The van der Waals surface area contributed by atoms with Gasteiger partial charge in [0.1, 0.15) is 5.75 Å². The standard InChI is InChI=1S/C17H28N2O4S/c1-6-23-15-11-8-7-10-14(15)19(24(5,21)22)13-9-12-16(20)18-17(2,3)4/h7-8,10-11H,6,9,12-13H2,1-5H3,(H,18,20). The van der Waals surface area contributed by atoms with E-state index in [-0.39, 0.29) is 24.4 Å². The van der Waals surface area contributed by atoms with Crippen LogP contribution in [0.2, 0.25) is 0 Å². The van der Waals surface area contributed by atoms with E-state index in [1.807, 2.05) is 27.7 Å². The summed E-state index contributed by atoms with van der Waals surface area (Å²) in [5, 5.41) is 2.87. The van der Waals surface area contributed by atoms with Gasteiger partial charge >= 0.3 is 0 Å². The van der Waals surface area contributed by atoms with Gasteiger partial charge in [-0.3, -0.25) is 9.10 Å². The third-order valence-corrected chi connectivity index (χ3v) is 4.29. The summed E-state index contributed by atoms with van der Waals surface area (Å²) in [6, 6.07) is 7.01. The van der Waals surface area contributed by atoms with E-state index in [4.69, 9.17) is 4.74 Å². The van der Waals surface area contributed by atoms with Crippen LogP contribution in [-0.4, -0.2) is 39.3 Å². The second-order valence-electron chi connectivity index (χ2n) is 6.64. The SMILES string of the molecule is CCOc1ccccc1N(CCCC(=O)NC(C)(C)C)S(C)(=O)=O. The number of hydrogen-bond donors (Lipinski definition) is 1. The van der Waals surface area contributed by atoms with Gasteiger partial charge < -0.3 is 10.1 Å². The largest absolute Gasteiger partial charge is 0.492 e. The number of carbonyl (C=O) groups is 1. The molecule has 1 amide bonds. The number of para-hydroxylation sites is 2. The first-order valence-electron chi connectivity index (χ1n) is 8.05. The molecule has 0 fully saturated rings. The number of benzene rings is 1. The Hall–Kier alpha value is -1.76.